The maximum Gasteiger partial charge on any atom is 0.259 e. The van der Waals surface area contributed by atoms with Gasteiger partial charge in [-0.25, -0.2) is 18.4 Å². The highest BCUT2D eigenvalue weighted by molar-refractivity contribution is 7.91. The van der Waals surface area contributed by atoms with Crippen molar-refractivity contribution in [2.75, 3.05) is 6.54 Å². The number of fused-ring (bicyclic) bond motifs is 3. The van der Waals surface area contributed by atoms with Gasteiger partial charge in [0.2, 0.25) is 27.7 Å². The molecule has 3 fully saturated rings. The minimum Gasteiger partial charge on any atom is -0.471 e. The maximum atomic E-state index is 14.7. The first-order valence-corrected chi connectivity index (χ1v) is 21.6. The highest BCUT2D eigenvalue weighted by Crippen LogP contribution is 2.46. The van der Waals surface area contributed by atoms with Gasteiger partial charge in [-0.05, 0) is 80.7 Å². The van der Waals surface area contributed by atoms with Crippen LogP contribution in [0.4, 0.5) is 0 Å². The van der Waals surface area contributed by atoms with Crippen molar-refractivity contribution in [3.8, 4) is 16.5 Å². The number of sulfonamides is 1. The summed E-state index contributed by atoms with van der Waals surface area (Å²) in [5, 5.41) is 7.19. The molecule has 4 aliphatic rings. The average Bonchev–Trinajstić information content (AvgIpc) is 4.05. The van der Waals surface area contributed by atoms with E-state index < -0.39 is 68.5 Å². The fourth-order valence-electron chi connectivity index (χ4n) is 7.71. The van der Waals surface area contributed by atoms with Gasteiger partial charge in [0.05, 0.1) is 27.7 Å². The van der Waals surface area contributed by atoms with Crippen LogP contribution in [-0.4, -0.2) is 82.4 Å². The number of nitrogens with one attached hydrogen (secondary N) is 3. The van der Waals surface area contributed by atoms with Crippen LogP contribution in [0, 0.1) is 12.8 Å². The summed E-state index contributed by atoms with van der Waals surface area (Å²) in [7, 11) is -3.90. The Morgan fingerprint density at radius 2 is 1.73 bits per heavy atom. The van der Waals surface area contributed by atoms with Crippen LogP contribution in [0.15, 0.2) is 78.2 Å². The van der Waals surface area contributed by atoms with Gasteiger partial charge < -0.3 is 20.3 Å². The Balaban J connectivity index is 1.13. The maximum absolute atomic E-state index is 14.7. The molecule has 1 saturated heterocycles. The Hall–Kier alpha value is -5.15. The largest absolute Gasteiger partial charge is 0.471 e. The van der Waals surface area contributed by atoms with Crippen molar-refractivity contribution in [3.05, 3.63) is 89.3 Å². The number of hydrogen-bond donors (Lipinski definition) is 3. The van der Waals surface area contributed by atoms with Crippen molar-refractivity contribution in [2.24, 2.45) is 5.92 Å². The third-order valence-electron chi connectivity index (χ3n) is 11.1. The topological polar surface area (TPSA) is 177 Å². The predicted octanol–water partition coefficient (Wildman–Crippen LogP) is 4.82. The molecule has 0 bridgehead atoms. The van der Waals surface area contributed by atoms with Crippen molar-refractivity contribution >= 4 is 56.0 Å². The molecule has 15 heteroatoms. The molecule has 2 aliphatic heterocycles. The molecule has 5 atom stereocenters. The zero-order valence-corrected chi connectivity index (χ0v) is 32.6. The average molecular weight is 797 g/mol. The van der Waals surface area contributed by atoms with Gasteiger partial charge in [-0.1, -0.05) is 61.4 Å². The van der Waals surface area contributed by atoms with Gasteiger partial charge in [0.25, 0.3) is 11.8 Å². The molecule has 292 valence electrons. The number of carbonyl (C=O) groups excluding carboxylic acids is 4. The standard InChI is InChI=1S/C41H44N6O7S2/c1-25-12-7-8-14-29(25)36(48)43-32-17-6-4-2-3-5-13-26-23-41(26,40(51)46-56(52,53)28-19-20-28)45-37(49)33-22-27(24-47(33)39(32)50)54-38-35(34-18-11-21-55-34)42-30-15-9-10-16-31(30)44-38/h5,7-16,18,21,26-28,32-33H,2-4,6,17,19-20,22-24H2,1H3,(H,43,48)(H,45,49)(H,46,51)/b13-5-/t26-,27-,32+,33+,41-/m1/s1. The highest BCUT2D eigenvalue weighted by Gasteiger charge is 2.62. The molecule has 0 spiro atoms. The van der Waals surface area contributed by atoms with Gasteiger partial charge in [0.15, 0.2) is 0 Å². The lowest BCUT2D eigenvalue weighted by atomic mass is 10.0. The van der Waals surface area contributed by atoms with Crippen LogP contribution in [0.5, 0.6) is 5.88 Å². The summed E-state index contributed by atoms with van der Waals surface area (Å²) < 4.78 is 34.6. The molecule has 4 heterocycles. The second-order valence-corrected chi connectivity index (χ2v) is 18.1. The van der Waals surface area contributed by atoms with Crippen LogP contribution in [0.2, 0.25) is 0 Å². The van der Waals surface area contributed by atoms with E-state index in [4.69, 9.17) is 14.7 Å². The molecule has 2 aromatic carbocycles. The van der Waals surface area contributed by atoms with Crippen molar-refractivity contribution in [1.29, 1.82) is 0 Å². The Morgan fingerprint density at radius 1 is 0.964 bits per heavy atom. The first-order chi connectivity index (χ1) is 27.0. The normalized spacial score (nSPS) is 26.2. The summed E-state index contributed by atoms with van der Waals surface area (Å²) in [6.45, 7) is 1.82. The molecule has 8 rings (SSSR count). The smallest absolute Gasteiger partial charge is 0.259 e. The number of thiophene rings is 1. The lowest BCUT2D eigenvalue weighted by Gasteiger charge is -2.30. The van der Waals surface area contributed by atoms with Crippen LogP contribution in [0.25, 0.3) is 21.6 Å². The Morgan fingerprint density at radius 3 is 2.48 bits per heavy atom. The molecule has 3 N–H and O–H groups in total. The number of hydrogen-bond acceptors (Lipinski definition) is 10. The summed E-state index contributed by atoms with van der Waals surface area (Å²) in [6.07, 6.45) is 7.63. The van der Waals surface area contributed by atoms with Crippen LogP contribution in [0.1, 0.15) is 73.7 Å². The van der Waals surface area contributed by atoms with E-state index in [0.29, 0.717) is 54.4 Å². The molecule has 2 saturated carbocycles. The van der Waals surface area contributed by atoms with E-state index in [2.05, 4.69) is 15.4 Å². The number of nitrogens with zero attached hydrogens (tertiary/aromatic N) is 3. The second kappa shape index (κ2) is 15.4. The van der Waals surface area contributed by atoms with E-state index in [1.807, 2.05) is 73.0 Å². The molecule has 0 unspecified atom stereocenters. The third kappa shape index (κ3) is 7.79. The number of carbonyl (C=O) groups is 4. The second-order valence-electron chi connectivity index (χ2n) is 15.2. The monoisotopic (exact) mass is 796 g/mol. The van der Waals surface area contributed by atoms with E-state index in [-0.39, 0.29) is 25.3 Å². The zero-order chi connectivity index (χ0) is 39.0. The van der Waals surface area contributed by atoms with Gasteiger partial charge in [0, 0.05) is 17.9 Å². The molecular weight excluding hydrogens is 753 g/mol. The summed E-state index contributed by atoms with van der Waals surface area (Å²) >= 11 is 1.48. The predicted molar refractivity (Wildman–Crippen MR) is 211 cm³/mol. The Kier molecular flexibility index (Phi) is 10.4. The Labute approximate surface area is 329 Å². The van der Waals surface area contributed by atoms with Crippen molar-refractivity contribution in [2.45, 2.75) is 93.7 Å². The van der Waals surface area contributed by atoms with E-state index in [0.717, 1.165) is 23.3 Å². The van der Waals surface area contributed by atoms with Gasteiger partial charge in [0.1, 0.15) is 29.4 Å². The van der Waals surface area contributed by atoms with Crippen molar-refractivity contribution in [3.63, 3.8) is 0 Å². The summed E-state index contributed by atoms with van der Waals surface area (Å²) in [4.78, 5) is 68.7. The van der Waals surface area contributed by atoms with Gasteiger partial charge >= 0.3 is 0 Å². The number of aryl methyl sites for hydroxylation is 1. The van der Waals surface area contributed by atoms with E-state index in [1.165, 1.54) is 16.2 Å². The number of ether oxygens (including phenoxy) is 1. The molecular formula is C41H44N6O7S2. The SMILES string of the molecule is Cc1ccccc1C(=O)N[C@H]1CCCCC/C=C\[C@@H]2C[C@@]2(C(=O)NS(=O)(=O)C2CC2)NC(=O)[C@@H]2C[C@@H](Oc3nc4ccccc4nc3-c3cccs3)CN2C1=O. The summed E-state index contributed by atoms with van der Waals surface area (Å²) in [6, 6.07) is 16.3. The lowest BCUT2D eigenvalue weighted by Crippen LogP contribution is -2.58. The van der Waals surface area contributed by atoms with E-state index in [1.54, 1.807) is 12.1 Å². The first kappa shape index (κ1) is 37.8. The fourth-order valence-corrected chi connectivity index (χ4v) is 9.78. The first-order valence-electron chi connectivity index (χ1n) is 19.2. The molecule has 4 amide bonds. The molecule has 56 heavy (non-hydrogen) atoms. The van der Waals surface area contributed by atoms with Crippen LogP contribution in [0.3, 0.4) is 0 Å². The van der Waals surface area contributed by atoms with Crippen molar-refractivity contribution in [1.82, 2.24) is 30.2 Å². The summed E-state index contributed by atoms with van der Waals surface area (Å²) in [5.41, 5.74) is 1.54. The highest BCUT2D eigenvalue weighted by atomic mass is 32.2. The molecule has 0 radical (unpaired) electrons. The van der Waals surface area contributed by atoms with Crippen LogP contribution < -0.4 is 20.1 Å². The number of amides is 4. The van der Waals surface area contributed by atoms with Gasteiger partial charge in [-0.15, -0.1) is 11.3 Å². The summed E-state index contributed by atoms with van der Waals surface area (Å²) in [5.74, 6) is -2.40. The minimum absolute atomic E-state index is 0.00930. The number of benzene rings is 2. The molecule has 13 nitrogen and oxygen atoms in total. The lowest BCUT2D eigenvalue weighted by molar-refractivity contribution is -0.141. The van der Waals surface area contributed by atoms with E-state index >= 15 is 0 Å². The quantitative estimate of drug-likeness (QED) is 0.211. The van der Waals surface area contributed by atoms with Gasteiger partial charge in [-0.2, -0.15) is 0 Å². The molecule has 2 aromatic heterocycles. The van der Waals surface area contributed by atoms with Crippen LogP contribution in [-0.2, 0) is 24.4 Å². The minimum atomic E-state index is -3.90. The van der Waals surface area contributed by atoms with Crippen molar-refractivity contribution < 1.29 is 32.3 Å². The molecule has 2 aliphatic carbocycles. The fraction of sp³-hybridized carbons (Fsp3) is 0.415. The number of aromatic nitrogens is 2. The molecule has 4 aromatic rings. The van der Waals surface area contributed by atoms with E-state index in [9.17, 15) is 27.6 Å². The van der Waals surface area contributed by atoms with Gasteiger partial charge in [-0.3, -0.25) is 23.9 Å². The number of para-hydroxylation sites is 2. The number of allylic oxidation sites excluding steroid dienone is 1. The number of rotatable bonds is 8. The Bertz CT molecular complexity index is 2310. The third-order valence-corrected chi connectivity index (χ3v) is 13.8. The van der Waals surface area contributed by atoms with Crippen LogP contribution >= 0.6 is 11.3 Å². The zero-order valence-electron chi connectivity index (χ0n) is 31.0.